The summed E-state index contributed by atoms with van der Waals surface area (Å²) in [7, 11) is 0. The van der Waals surface area contributed by atoms with Gasteiger partial charge in [-0.05, 0) is 75.9 Å². The third-order valence-electron chi connectivity index (χ3n) is 5.81. The highest BCUT2D eigenvalue weighted by molar-refractivity contribution is 5.47. The summed E-state index contributed by atoms with van der Waals surface area (Å²) in [6, 6.07) is 21.3. The summed E-state index contributed by atoms with van der Waals surface area (Å²) >= 11 is 0. The van der Waals surface area contributed by atoms with Gasteiger partial charge in [-0.3, -0.25) is 9.98 Å². The van der Waals surface area contributed by atoms with Crippen molar-refractivity contribution in [3.63, 3.8) is 0 Å². The number of hydrogen-bond donors (Lipinski definition) is 0. The fraction of sp³-hybridized carbons (Fsp3) is 0.185. The summed E-state index contributed by atoms with van der Waals surface area (Å²) < 4.78 is 0. The Morgan fingerprint density at radius 2 is 1.55 bits per heavy atom. The van der Waals surface area contributed by atoms with Gasteiger partial charge in [0.15, 0.2) is 0 Å². The maximum Gasteiger partial charge on any atom is 0.0881 e. The molecule has 0 saturated heterocycles. The van der Waals surface area contributed by atoms with Gasteiger partial charge < -0.3 is 0 Å². The maximum atomic E-state index is 4.31. The van der Waals surface area contributed by atoms with Crippen LogP contribution in [0.2, 0.25) is 0 Å². The van der Waals surface area contributed by atoms with Crippen molar-refractivity contribution in [1.82, 2.24) is 0 Å². The molecule has 0 radical (unpaired) electrons. The molecule has 0 fully saturated rings. The molecule has 1 heterocycles. The molecular formula is C27H24N2. The SMILES string of the molecule is C1=CN=c2ccccc2=NC1.C1=c2ccc3c(c2CCC1)CC=c1ccccc1=3. The van der Waals surface area contributed by atoms with Crippen LogP contribution in [0.5, 0.6) is 0 Å². The Kier molecular flexibility index (Phi) is 4.92. The van der Waals surface area contributed by atoms with E-state index in [0.717, 1.165) is 23.7 Å². The van der Waals surface area contributed by atoms with Crippen molar-refractivity contribution < 1.29 is 0 Å². The van der Waals surface area contributed by atoms with Crippen LogP contribution >= 0.6 is 0 Å². The molecular weight excluding hydrogens is 352 g/mol. The first-order valence-electron chi connectivity index (χ1n) is 10.4. The zero-order chi connectivity index (χ0) is 19.5. The molecule has 3 aromatic rings. The van der Waals surface area contributed by atoms with E-state index in [2.05, 4.69) is 58.5 Å². The number of rotatable bonds is 0. The second-order valence-corrected chi connectivity index (χ2v) is 7.59. The van der Waals surface area contributed by atoms with Crippen LogP contribution in [0.3, 0.4) is 0 Å². The molecule has 0 atom stereocenters. The zero-order valence-electron chi connectivity index (χ0n) is 16.5. The van der Waals surface area contributed by atoms with Gasteiger partial charge in [0.05, 0.1) is 17.3 Å². The Hall–Kier alpha value is -3.26. The van der Waals surface area contributed by atoms with E-state index in [1.54, 1.807) is 17.3 Å². The molecule has 0 spiro atoms. The Labute approximate surface area is 170 Å². The Morgan fingerprint density at radius 3 is 2.52 bits per heavy atom. The minimum Gasteiger partial charge on any atom is -0.279 e. The van der Waals surface area contributed by atoms with E-state index in [0.29, 0.717) is 0 Å². The summed E-state index contributed by atoms with van der Waals surface area (Å²) in [6.07, 6.45) is 13.4. The second-order valence-electron chi connectivity index (χ2n) is 7.59. The summed E-state index contributed by atoms with van der Waals surface area (Å²) in [5.41, 5.74) is 3.17. The molecule has 0 amide bonds. The van der Waals surface area contributed by atoms with Crippen LogP contribution in [-0.2, 0) is 12.8 Å². The lowest BCUT2D eigenvalue weighted by Crippen LogP contribution is -2.23. The molecule has 29 heavy (non-hydrogen) atoms. The van der Waals surface area contributed by atoms with Gasteiger partial charge in [-0.1, -0.05) is 60.7 Å². The van der Waals surface area contributed by atoms with E-state index in [-0.39, 0.29) is 0 Å². The van der Waals surface area contributed by atoms with Crippen molar-refractivity contribution >= 4 is 12.2 Å². The first kappa shape index (κ1) is 17.8. The number of para-hydroxylation sites is 2. The lowest BCUT2D eigenvalue weighted by Gasteiger charge is -2.16. The van der Waals surface area contributed by atoms with Crippen molar-refractivity contribution in [1.29, 1.82) is 0 Å². The second kappa shape index (κ2) is 8.00. The molecule has 0 unspecified atom stereocenters. The van der Waals surface area contributed by atoms with Crippen LogP contribution in [0.25, 0.3) is 12.2 Å². The summed E-state index contributed by atoms with van der Waals surface area (Å²) in [6.45, 7) is 0.737. The molecule has 0 saturated carbocycles. The predicted octanol–water partition coefficient (Wildman–Crippen LogP) is 2.88. The van der Waals surface area contributed by atoms with Crippen molar-refractivity contribution in [2.45, 2.75) is 25.7 Å². The lowest BCUT2D eigenvalue weighted by molar-refractivity contribution is 0.824. The molecule has 3 aromatic carbocycles. The molecule has 1 aliphatic heterocycles. The minimum atomic E-state index is 0.737. The maximum absolute atomic E-state index is 4.31. The van der Waals surface area contributed by atoms with Crippen molar-refractivity contribution in [2.75, 3.05) is 6.54 Å². The lowest BCUT2D eigenvalue weighted by atomic mass is 9.89. The van der Waals surface area contributed by atoms with Crippen LogP contribution in [0.1, 0.15) is 24.0 Å². The van der Waals surface area contributed by atoms with E-state index < -0.39 is 0 Å². The zero-order valence-corrected chi connectivity index (χ0v) is 16.5. The Morgan fingerprint density at radius 1 is 0.690 bits per heavy atom. The first-order valence-corrected chi connectivity index (χ1v) is 10.4. The molecule has 0 aromatic heterocycles. The van der Waals surface area contributed by atoms with Crippen LogP contribution in [0.15, 0.2) is 82.9 Å². The van der Waals surface area contributed by atoms with Gasteiger partial charge in [0.25, 0.3) is 0 Å². The van der Waals surface area contributed by atoms with E-state index in [4.69, 9.17) is 0 Å². The summed E-state index contributed by atoms with van der Waals surface area (Å²) in [5, 5.41) is 7.69. The van der Waals surface area contributed by atoms with E-state index in [1.807, 2.05) is 30.3 Å². The number of nitrogens with zero attached hydrogens (tertiary/aromatic N) is 2. The summed E-state index contributed by atoms with van der Waals surface area (Å²) in [4.78, 5) is 8.52. The molecule has 3 aliphatic rings. The average Bonchev–Trinajstić information content (AvgIpc) is 3.05. The highest BCUT2D eigenvalue weighted by Crippen LogP contribution is 2.17. The van der Waals surface area contributed by atoms with Gasteiger partial charge in [0, 0.05) is 6.20 Å². The quantitative estimate of drug-likeness (QED) is 0.576. The van der Waals surface area contributed by atoms with E-state index in [9.17, 15) is 0 Å². The van der Waals surface area contributed by atoms with Gasteiger partial charge in [0.1, 0.15) is 0 Å². The van der Waals surface area contributed by atoms with Gasteiger partial charge in [-0.2, -0.15) is 0 Å². The van der Waals surface area contributed by atoms with Gasteiger partial charge >= 0.3 is 0 Å². The predicted molar refractivity (Wildman–Crippen MR) is 118 cm³/mol. The fourth-order valence-electron chi connectivity index (χ4n) is 4.39. The first-order chi connectivity index (χ1) is 14.4. The van der Waals surface area contributed by atoms with Crippen LogP contribution in [0, 0.1) is 10.4 Å². The standard InChI is InChI=1S/C18H16.C9H8N2/c1-3-7-15-13(5-1)9-11-18-16-8-4-2-6-14(16)10-12-17(15)18;1-2-5-9-8(4-1)10-6-3-7-11-9/h1,3,5-7,9-10,12H,2,4,8,11H2;1-6H,7H2. The molecule has 142 valence electrons. The van der Waals surface area contributed by atoms with E-state index in [1.165, 1.54) is 40.1 Å². The van der Waals surface area contributed by atoms with Gasteiger partial charge in [-0.25, -0.2) is 0 Å². The molecule has 0 N–H and O–H groups in total. The van der Waals surface area contributed by atoms with Crippen molar-refractivity contribution in [2.24, 2.45) is 9.98 Å². The largest absolute Gasteiger partial charge is 0.279 e. The molecule has 0 bridgehead atoms. The Balaban J connectivity index is 0.000000142. The van der Waals surface area contributed by atoms with Crippen molar-refractivity contribution in [3.8, 4) is 0 Å². The molecule has 2 heteroatoms. The number of fused-ring (bicyclic) bond motifs is 5. The number of hydrogen-bond acceptors (Lipinski definition) is 2. The molecule has 2 nitrogen and oxygen atoms in total. The topological polar surface area (TPSA) is 24.7 Å². The van der Waals surface area contributed by atoms with Crippen molar-refractivity contribution in [3.05, 3.63) is 116 Å². The van der Waals surface area contributed by atoms with Gasteiger partial charge in [0.2, 0.25) is 0 Å². The van der Waals surface area contributed by atoms with Crippen LogP contribution in [0.4, 0.5) is 0 Å². The van der Waals surface area contributed by atoms with E-state index >= 15 is 0 Å². The van der Waals surface area contributed by atoms with Crippen LogP contribution < -0.4 is 21.2 Å². The normalized spacial score (nSPS) is 15.2. The number of benzene rings is 3. The highest BCUT2D eigenvalue weighted by Gasteiger charge is 2.10. The monoisotopic (exact) mass is 376 g/mol. The minimum absolute atomic E-state index is 0.737. The molecule has 6 rings (SSSR count). The Bertz CT molecular complexity index is 1430. The van der Waals surface area contributed by atoms with Gasteiger partial charge in [-0.15, -0.1) is 0 Å². The molecule has 2 aliphatic carbocycles. The van der Waals surface area contributed by atoms with Crippen LogP contribution in [-0.4, -0.2) is 6.54 Å². The fourth-order valence-corrected chi connectivity index (χ4v) is 4.39. The highest BCUT2D eigenvalue weighted by atomic mass is 14.8. The smallest absolute Gasteiger partial charge is 0.0881 e. The average molecular weight is 377 g/mol. The third kappa shape index (κ3) is 3.58. The third-order valence-corrected chi connectivity index (χ3v) is 5.81. The summed E-state index contributed by atoms with van der Waals surface area (Å²) in [5.74, 6) is 0.